The fourth-order valence-corrected chi connectivity index (χ4v) is 4.47. The highest BCUT2D eigenvalue weighted by Gasteiger charge is 2.50. The van der Waals surface area contributed by atoms with Crippen LogP contribution in [0.3, 0.4) is 0 Å². The molecular weight excluding hydrogens is 348 g/mol. The largest absolute Gasteiger partial charge is 0.417 e. The van der Waals surface area contributed by atoms with Crippen LogP contribution in [-0.2, 0) is 16.2 Å². The van der Waals surface area contributed by atoms with Gasteiger partial charge in [0.05, 0.1) is 10.5 Å². The molecule has 0 spiro atoms. The lowest BCUT2D eigenvalue weighted by Gasteiger charge is -2.36. The molecule has 1 heterocycles. The first-order chi connectivity index (χ1) is 10.5. The van der Waals surface area contributed by atoms with Gasteiger partial charge < -0.3 is 0 Å². The van der Waals surface area contributed by atoms with Crippen LogP contribution in [-0.4, -0.2) is 31.5 Å². The number of nitrogens with zero attached hydrogens (tertiary/aromatic N) is 1. The van der Waals surface area contributed by atoms with Crippen LogP contribution < -0.4 is 0 Å². The second kappa shape index (κ2) is 5.97. The Bertz CT molecular complexity index is 668. The molecule has 1 aromatic rings. The number of sulfonamides is 1. The van der Waals surface area contributed by atoms with Crippen molar-refractivity contribution in [2.24, 2.45) is 0 Å². The van der Waals surface area contributed by atoms with Crippen LogP contribution in [0.15, 0.2) is 29.2 Å². The highest BCUT2D eigenvalue weighted by Crippen LogP contribution is 2.39. The van der Waals surface area contributed by atoms with Gasteiger partial charge in [0.25, 0.3) is 0 Å². The van der Waals surface area contributed by atoms with E-state index in [0.717, 1.165) is 12.1 Å². The Morgan fingerprint density at radius 1 is 1.00 bits per heavy atom. The van der Waals surface area contributed by atoms with Crippen LogP contribution >= 0.6 is 0 Å². The average molecular weight is 361 g/mol. The van der Waals surface area contributed by atoms with Crippen LogP contribution in [0.2, 0.25) is 0 Å². The van der Waals surface area contributed by atoms with Crippen molar-refractivity contribution in [2.45, 2.75) is 42.6 Å². The van der Waals surface area contributed by atoms with E-state index < -0.39 is 51.8 Å². The maximum atomic E-state index is 13.0. The van der Waals surface area contributed by atoms with Gasteiger partial charge in [-0.1, -0.05) is 18.6 Å². The van der Waals surface area contributed by atoms with Gasteiger partial charge in [0.15, 0.2) is 0 Å². The Morgan fingerprint density at radius 3 is 2.17 bits per heavy atom. The lowest BCUT2D eigenvalue weighted by atomic mass is 10.0. The SMILES string of the molecule is O=S(=O)(c1ccccc1C(F)(F)F)N1CCCCC1C(F)(F)F. The van der Waals surface area contributed by atoms with Crippen LogP contribution in [0.5, 0.6) is 0 Å². The normalized spacial score (nSPS) is 21.4. The molecule has 0 saturated carbocycles. The van der Waals surface area contributed by atoms with Crippen LogP contribution in [0.25, 0.3) is 0 Å². The van der Waals surface area contributed by atoms with Crippen molar-refractivity contribution >= 4 is 10.0 Å². The molecule has 0 radical (unpaired) electrons. The topological polar surface area (TPSA) is 37.4 Å². The molecule has 1 unspecified atom stereocenters. The molecule has 3 nitrogen and oxygen atoms in total. The van der Waals surface area contributed by atoms with Crippen molar-refractivity contribution < 1.29 is 34.8 Å². The molecule has 1 aromatic carbocycles. The van der Waals surface area contributed by atoms with Crippen LogP contribution in [0, 0.1) is 0 Å². The second-order valence-electron chi connectivity index (χ2n) is 5.16. The number of piperidine rings is 1. The van der Waals surface area contributed by atoms with Crippen LogP contribution in [0.4, 0.5) is 26.3 Å². The molecule has 1 fully saturated rings. The van der Waals surface area contributed by atoms with E-state index in [1.807, 2.05) is 0 Å². The summed E-state index contributed by atoms with van der Waals surface area (Å²) < 4.78 is 103. The zero-order chi connectivity index (χ0) is 17.5. The number of hydrogen-bond acceptors (Lipinski definition) is 2. The van der Waals surface area contributed by atoms with Crippen molar-refractivity contribution in [1.82, 2.24) is 4.31 Å². The molecule has 10 heteroatoms. The quantitative estimate of drug-likeness (QED) is 0.752. The summed E-state index contributed by atoms with van der Waals surface area (Å²) in [6.45, 7) is -0.460. The summed E-state index contributed by atoms with van der Waals surface area (Å²) in [7, 11) is -4.91. The first-order valence-corrected chi connectivity index (χ1v) is 8.14. The minimum atomic E-state index is -4.98. The van der Waals surface area contributed by atoms with E-state index >= 15 is 0 Å². The van der Waals surface area contributed by atoms with Gasteiger partial charge in [0.1, 0.15) is 6.04 Å². The van der Waals surface area contributed by atoms with Crippen molar-refractivity contribution in [2.75, 3.05) is 6.54 Å². The van der Waals surface area contributed by atoms with E-state index in [-0.39, 0.29) is 17.1 Å². The molecule has 0 aromatic heterocycles. The standard InChI is InChI=1S/C13H13F6NO2S/c14-12(15,16)9-5-1-2-6-10(9)23(21,22)20-8-4-3-7-11(20)13(17,18)19/h1-2,5-6,11H,3-4,7-8H2. The van der Waals surface area contributed by atoms with Crippen molar-refractivity contribution in [3.8, 4) is 0 Å². The molecule has 1 saturated heterocycles. The van der Waals surface area contributed by atoms with Gasteiger partial charge in [-0.3, -0.25) is 0 Å². The molecule has 2 rings (SSSR count). The maximum absolute atomic E-state index is 13.0. The zero-order valence-electron chi connectivity index (χ0n) is 11.7. The molecule has 1 aliphatic rings. The fourth-order valence-electron chi connectivity index (χ4n) is 2.57. The average Bonchev–Trinajstić information content (AvgIpc) is 2.45. The molecular formula is C13H13F6NO2S. The van der Waals surface area contributed by atoms with Gasteiger partial charge in [0, 0.05) is 6.54 Å². The summed E-state index contributed by atoms with van der Waals surface area (Å²) >= 11 is 0. The molecule has 1 atom stereocenters. The van der Waals surface area contributed by atoms with Crippen molar-refractivity contribution in [3.05, 3.63) is 29.8 Å². The van der Waals surface area contributed by atoms with Crippen LogP contribution in [0.1, 0.15) is 24.8 Å². The third-order valence-electron chi connectivity index (χ3n) is 3.61. The first-order valence-electron chi connectivity index (χ1n) is 6.70. The molecule has 1 aliphatic heterocycles. The summed E-state index contributed by atoms with van der Waals surface area (Å²) in [6, 6.07) is 0.954. The predicted molar refractivity (Wildman–Crippen MR) is 69.0 cm³/mol. The Morgan fingerprint density at radius 2 is 1.61 bits per heavy atom. The third kappa shape index (κ3) is 3.63. The first kappa shape index (κ1) is 18.1. The van der Waals surface area contributed by atoms with E-state index in [1.54, 1.807) is 0 Å². The summed E-state index contributed by atoms with van der Waals surface area (Å²) in [4.78, 5) is -1.15. The molecule has 23 heavy (non-hydrogen) atoms. The van der Waals surface area contributed by atoms with E-state index in [0.29, 0.717) is 12.1 Å². The summed E-state index contributed by atoms with van der Waals surface area (Å²) in [6.07, 6.45) is -9.94. The van der Waals surface area contributed by atoms with E-state index in [9.17, 15) is 34.8 Å². The van der Waals surface area contributed by atoms with Gasteiger partial charge in [-0.25, -0.2) is 8.42 Å². The number of rotatable bonds is 2. The Balaban J connectivity index is 2.54. The smallest absolute Gasteiger partial charge is 0.207 e. The van der Waals surface area contributed by atoms with E-state index in [1.165, 1.54) is 0 Å². The van der Waals surface area contributed by atoms with Gasteiger partial charge in [-0.15, -0.1) is 0 Å². The van der Waals surface area contributed by atoms with Gasteiger partial charge in [-0.05, 0) is 25.0 Å². The number of alkyl halides is 6. The van der Waals surface area contributed by atoms with E-state index in [2.05, 4.69) is 0 Å². The number of benzene rings is 1. The fraction of sp³-hybridized carbons (Fsp3) is 0.538. The minimum Gasteiger partial charge on any atom is -0.207 e. The molecule has 0 N–H and O–H groups in total. The van der Waals surface area contributed by atoms with Gasteiger partial charge >= 0.3 is 12.4 Å². The lowest BCUT2D eigenvalue weighted by molar-refractivity contribution is -0.177. The highest BCUT2D eigenvalue weighted by atomic mass is 32.2. The highest BCUT2D eigenvalue weighted by molar-refractivity contribution is 7.89. The molecule has 0 bridgehead atoms. The van der Waals surface area contributed by atoms with Gasteiger partial charge in [-0.2, -0.15) is 30.6 Å². The lowest BCUT2D eigenvalue weighted by Crippen LogP contribution is -2.51. The van der Waals surface area contributed by atoms with Crippen molar-refractivity contribution in [1.29, 1.82) is 0 Å². The summed E-state index contributed by atoms with van der Waals surface area (Å²) in [5, 5.41) is 0. The molecule has 0 aliphatic carbocycles. The van der Waals surface area contributed by atoms with E-state index in [4.69, 9.17) is 0 Å². The molecule has 130 valence electrons. The molecule has 0 amide bonds. The van der Waals surface area contributed by atoms with Crippen molar-refractivity contribution in [3.63, 3.8) is 0 Å². The monoisotopic (exact) mass is 361 g/mol. The minimum absolute atomic E-state index is 0.140. The summed E-state index contributed by atoms with van der Waals surface area (Å²) in [5.41, 5.74) is -1.47. The Kier molecular flexibility index (Phi) is 4.69. The third-order valence-corrected chi connectivity index (χ3v) is 5.58. The second-order valence-corrected chi connectivity index (χ2v) is 7.02. The Hall–Kier alpha value is -1.29. The maximum Gasteiger partial charge on any atom is 0.417 e. The number of halogens is 6. The number of hydrogen-bond donors (Lipinski definition) is 0. The van der Waals surface area contributed by atoms with Gasteiger partial charge in [0.2, 0.25) is 10.0 Å². The predicted octanol–water partition coefficient (Wildman–Crippen LogP) is 3.81. The summed E-state index contributed by atoms with van der Waals surface area (Å²) in [5.74, 6) is 0. The Labute approximate surface area is 128 Å². The zero-order valence-corrected chi connectivity index (χ0v) is 12.5.